The van der Waals surface area contributed by atoms with Crippen molar-refractivity contribution in [2.45, 2.75) is 25.1 Å². The molecule has 0 saturated heterocycles. The van der Waals surface area contributed by atoms with E-state index in [0.717, 1.165) is 18.9 Å². The van der Waals surface area contributed by atoms with Gasteiger partial charge in [-0.25, -0.2) is 0 Å². The van der Waals surface area contributed by atoms with Crippen LogP contribution in [0.15, 0.2) is 22.7 Å². The monoisotopic (exact) mass is 337 g/mol. The van der Waals surface area contributed by atoms with Crippen molar-refractivity contribution in [2.75, 3.05) is 19.0 Å². The van der Waals surface area contributed by atoms with Crippen LogP contribution in [0.1, 0.15) is 18.4 Å². The summed E-state index contributed by atoms with van der Waals surface area (Å²) in [7, 11) is 1.56. The Hall–Kier alpha value is -0.750. The van der Waals surface area contributed by atoms with Crippen molar-refractivity contribution >= 4 is 21.6 Å². The second-order valence-electron chi connectivity index (χ2n) is 4.73. The number of rotatable bonds is 5. The minimum atomic E-state index is -4.37. The van der Waals surface area contributed by atoms with Crippen LogP contribution >= 0.6 is 15.9 Å². The van der Waals surface area contributed by atoms with E-state index < -0.39 is 11.7 Å². The van der Waals surface area contributed by atoms with E-state index in [0.29, 0.717) is 17.0 Å². The molecule has 19 heavy (non-hydrogen) atoms. The summed E-state index contributed by atoms with van der Waals surface area (Å²) in [6, 6.07) is 4.10. The van der Waals surface area contributed by atoms with Gasteiger partial charge in [-0.05, 0) is 37.0 Å². The van der Waals surface area contributed by atoms with Crippen LogP contribution in [0.5, 0.6) is 0 Å². The fourth-order valence-corrected chi connectivity index (χ4v) is 2.41. The topological polar surface area (TPSA) is 21.3 Å². The summed E-state index contributed by atoms with van der Waals surface area (Å²) in [5, 5.41) is 2.98. The van der Waals surface area contributed by atoms with Gasteiger partial charge in [0.1, 0.15) is 0 Å². The minimum Gasteiger partial charge on any atom is -0.383 e. The van der Waals surface area contributed by atoms with Gasteiger partial charge >= 0.3 is 6.18 Å². The average Bonchev–Trinajstić information content (AvgIpc) is 3.13. The molecule has 0 radical (unpaired) electrons. The Morgan fingerprint density at radius 2 is 2.11 bits per heavy atom. The van der Waals surface area contributed by atoms with E-state index in [4.69, 9.17) is 4.74 Å². The second kappa shape index (κ2) is 5.71. The number of anilines is 1. The van der Waals surface area contributed by atoms with Gasteiger partial charge in [-0.1, -0.05) is 15.9 Å². The van der Waals surface area contributed by atoms with Crippen LogP contribution in [0.3, 0.4) is 0 Å². The molecule has 1 aliphatic carbocycles. The lowest BCUT2D eigenvalue weighted by Crippen LogP contribution is -2.28. The van der Waals surface area contributed by atoms with Gasteiger partial charge < -0.3 is 10.1 Å². The molecule has 1 aromatic carbocycles. The normalized spacial score (nSPS) is 17.3. The van der Waals surface area contributed by atoms with Crippen LogP contribution in [-0.4, -0.2) is 19.8 Å². The van der Waals surface area contributed by atoms with Gasteiger partial charge in [-0.3, -0.25) is 0 Å². The lowest BCUT2D eigenvalue weighted by Gasteiger charge is -2.22. The molecule has 1 aliphatic rings. The van der Waals surface area contributed by atoms with Gasteiger partial charge in [-0.2, -0.15) is 13.2 Å². The van der Waals surface area contributed by atoms with Crippen LogP contribution in [0, 0.1) is 5.92 Å². The summed E-state index contributed by atoms with van der Waals surface area (Å²) in [4.78, 5) is 0. The number of alkyl halides is 3. The molecule has 0 aliphatic heterocycles. The van der Waals surface area contributed by atoms with E-state index in [9.17, 15) is 13.2 Å². The minimum absolute atomic E-state index is 0.0627. The van der Waals surface area contributed by atoms with E-state index in [1.165, 1.54) is 6.07 Å². The SMILES string of the molecule is COCC(Nc1ccc(Br)cc1C(F)(F)F)C1CC1. The maximum absolute atomic E-state index is 13.0. The highest BCUT2D eigenvalue weighted by Gasteiger charge is 2.36. The largest absolute Gasteiger partial charge is 0.418 e. The number of ether oxygens (including phenoxy) is 1. The molecule has 6 heteroatoms. The standard InChI is InChI=1S/C13H15BrF3NO/c1-19-7-12(8-2-3-8)18-11-5-4-9(14)6-10(11)13(15,16)17/h4-6,8,12,18H,2-3,7H2,1H3. The Kier molecular flexibility index (Phi) is 4.40. The van der Waals surface area contributed by atoms with Gasteiger partial charge in [0.25, 0.3) is 0 Å². The zero-order valence-electron chi connectivity index (χ0n) is 10.4. The maximum Gasteiger partial charge on any atom is 0.418 e. The molecule has 2 nitrogen and oxygen atoms in total. The quantitative estimate of drug-likeness (QED) is 0.864. The molecule has 0 aromatic heterocycles. The summed E-state index contributed by atoms with van der Waals surface area (Å²) in [6.07, 6.45) is -2.29. The van der Waals surface area contributed by atoms with Crippen molar-refractivity contribution in [1.29, 1.82) is 0 Å². The molecule has 1 aromatic rings. The van der Waals surface area contributed by atoms with Gasteiger partial charge in [0.05, 0.1) is 18.2 Å². The molecule has 2 rings (SSSR count). The molecule has 0 amide bonds. The molecule has 1 saturated carbocycles. The van der Waals surface area contributed by atoms with Crippen molar-refractivity contribution < 1.29 is 17.9 Å². The van der Waals surface area contributed by atoms with Crippen molar-refractivity contribution in [3.05, 3.63) is 28.2 Å². The van der Waals surface area contributed by atoms with Gasteiger partial charge in [0, 0.05) is 17.3 Å². The highest BCUT2D eigenvalue weighted by molar-refractivity contribution is 9.10. The first-order valence-electron chi connectivity index (χ1n) is 6.04. The summed E-state index contributed by atoms with van der Waals surface area (Å²) in [6.45, 7) is 0.415. The fourth-order valence-electron chi connectivity index (χ4n) is 2.05. The van der Waals surface area contributed by atoms with Crippen molar-refractivity contribution in [1.82, 2.24) is 0 Å². The van der Waals surface area contributed by atoms with Crippen LogP contribution in [-0.2, 0) is 10.9 Å². The van der Waals surface area contributed by atoms with Gasteiger partial charge in [0.15, 0.2) is 0 Å². The molecule has 1 N–H and O–H groups in total. The predicted octanol–water partition coefficient (Wildman–Crippen LogP) is 4.30. The highest BCUT2D eigenvalue weighted by atomic mass is 79.9. The number of hydrogen-bond donors (Lipinski definition) is 1. The van der Waals surface area contributed by atoms with Crippen molar-refractivity contribution in [2.24, 2.45) is 5.92 Å². The molecular weight excluding hydrogens is 323 g/mol. The first kappa shape index (κ1) is 14.7. The van der Waals surface area contributed by atoms with Crippen LogP contribution in [0.2, 0.25) is 0 Å². The Labute approximate surface area is 118 Å². The maximum atomic E-state index is 13.0. The van der Waals surface area contributed by atoms with E-state index in [1.807, 2.05) is 0 Å². The summed E-state index contributed by atoms with van der Waals surface area (Å²) in [5.41, 5.74) is -0.534. The van der Waals surface area contributed by atoms with Gasteiger partial charge in [0.2, 0.25) is 0 Å². The predicted molar refractivity (Wildman–Crippen MR) is 71.2 cm³/mol. The third-order valence-corrected chi connectivity index (χ3v) is 3.66. The summed E-state index contributed by atoms with van der Waals surface area (Å²) >= 11 is 3.07. The van der Waals surface area contributed by atoms with E-state index >= 15 is 0 Å². The number of nitrogens with one attached hydrogen (secondary N) is 1. The average molecular weight is 338 g/mol. The number of methoxy groups -OCH3 is 1. The zero-order valence-corrected chi connectivity index (χ0v) is 12.0. The third-order valence-electron chi connectivity index (χ3n) is 3.17. The first-order valence-corrected chi connectivity index (χ1v) is 6.83. The van der Waals surface area contributed by atoms with Crippen molar-refractivity contribution in [3.63, 3.8) is 0 Å². The fraction of sp³-hybridized carbons (Fsp3) is 0.538. The van der Waals surface area contributed by atoms with Crippen LogP contribution < -0.4 is 5.32 Å². The molecule has 1 unspecified atom stereocenters. The smallest absolute Gasteiger partial charge is 0.383 e. The summed E-state index contributed by atoms with van der Waals surface area (Å²) in [5.74, 6) is 0.407. The third kappa shape index (κ3) is 3.86. The summed E-state index contributed by atoms with van der Waals surface area (Å²) < 4.78 is 44.5. The first-order chi connectivity index (χ1) is 8.91. The Morgan fingerprint density at radius 3 is 2.63 bits per heavy atom. The molecular formula is C13H15BrF3NO. The van der Waals surface area contributed by atoms with Gasteiger partial charge in [-0.15, -0.1) is 0 Å². The number of hydrogen-bond acceptors (Lipinski definition) is 2. The number of benzene rings is 1. The Morgan fingerprint density at radius 1 is 1.42 bits per heavy atom. The van der Waals surface area contributed by atoms with E-state index in [1.54, 1.807) is 13.2 Å². The molecule has 1 fully saturated rings. The van der Waals surface area contributed by atoms with Crippen molar-refractivity contribution in [3.8, 4) is 0 Å². The van der Waals surface area contributed by atoms with E-state index in [2.05, 4.69) is 21.2 Å². The van der Waals surface area contributed by atoms with Crippen LogP contribution in [0.4, 0.5) is 18.9 Å². The zero-order chi connectivity index (χ0) is 14.0. The molecule has 0 heterocycles. The Bertz CT molecular complexity index is 446. The molecule has 0 spiro atoms. The lowest BCUT2D eigenvalue weighted by molar-refractivity contribution is -0.137. The molecule has 1 atom stereocenters. The highest BCUT2D eigenvalue weighted by Crippen LogP contribution is 2.39. The second-order valence-corrected chi connectivity index (χ2v) is 5.65. The lowest BCUT2D eigenvalue weighted by atomic mass is 10.1. The Balaban J connectivity index is 2.23. The number of halogens is 4. The molecule has 0 bridgehead atoms. The molecule has 106 valence electrons. The van der Waals surface area contributed by atoms with Crippen LogP contribution in [0.25, 0.3) is 0 Å². The van der Waals surface area contributed by atoms with E-state index in [-0.39, 0.29) is 11.7 Å².